The maximum Gasteiger partial charge on any atom is 0.346 e. The van der Waals surface area contributed by atoms with E-state index in [4.69, 9.17) is 9.47 Å². The summed E-state index contributed by atoms with van der Waals surface area (Å²) in [4.78, 5) is 23.1. The molecule has 4 nitrogen and oxygen atoms in total. The number of hydrogen-bond donors (Lipinski definition) is 0. The highest BCUT2D eigenvalue weighted by atomic mass is 16.6. The second-order valence-electron chi connectivity index (χ2n) is 4.34. The van der Waals surface area contributed by atoms with Crippen molar-refractivity contribution in [1.82, 2.24) is 0 Å². The lowest BCUT2D eigenvalue weighted by Gasteiger charge is -2.09. The van der Waals surface area contributed by atoms with Crippen molar-refractivity contribution in [1.29, 1.82) is 0 Å². The third-order valence-electron chi connectivity index (χ3n) is 2.55. The van der Waals surface area contributed by atoms with Crippen molar-refractivity contribution in [3.05, 3.63) is 29.3 Å². The molecule has 104 valence electrons. The van der Waals surface area contributed by atoms with Crippen molar-refractivity contribution in [2.45, 2.75) is 40.0 Å². The molecule has 0 N–H and O–H groups in total. The minimum atomic E-state index is -0.599. The summed E-state index contributed by atoms with van der Waals surface area (Å²) in [7, 11) is 0. The van der Waals surface area contributed by atoms with E-state index in [9.17, 15) is 9.59 Å². The van der Waals surface area contributed by atoms with Crippen LogP contribution in [0.5, 0.6) is 5.75 Å². The van der Waals surface area contributed by atoms with Crippen LogP contribution in [0, 0.1) is 6.92 Å². The van der Waals surface area contributed by atoms with Crippen molar-refractivity contribution in [2.75, 3.05) is 6.61 Å². The van der Waals surface area contributed by atoms with Gasteiger partial charge in [0, 0.05) is 6.42 Å². The first-order valence-corrected chi connectivity index (χ1v) is 6.57. The first-order valence-electron chi connectivity index (χ1n) is 6.57. The van der Waals surface area contributed by atoms with Gasteiger partial charge in [-0.2, -0.15) is 0 Å². The summed E-state index contributed by atoms with van der Waals surface area (Å²) >= 11 is 0. The van der Waals surface area contributed by atoms with E-state index in [1.807, 2.05) is 13.8 Å². The number of benzene rings is 1. The van der Waals surface area contributed by atoms with Crippen molar-refractivity contribution in [3.63, 3.8) is 0 Å². The second kappa shape index (κ2) is 7.56. The third-order valence-corrected chi connectivity index (χ3v) is 2.55. The maximum atomic E-state index is 11.8. The smallest absolute Gasteiger partial charge is 0.346 e. The molecule has 0 amide bonds. The Balaban J connectivity index is 2.73. The molecule has 0 spiro atoms. The van der Waals surface area contributed by atoms with Crippen molar-refractivity contribution < 1.29 is 19.1 Å². The Kier molecular flexibility index (Phi) is 6.06. The average molecular weight is 264 g/mol. The highest BCUT2D eigenvalue weighted by Crippen LogP contribution is 2.18. The average Bonchev–Trinajstić information content (AvgIpc) is 2.36. The van der Waals surface area contributed by atoms with E-state index >= 15 is 0 Å². The number of hydrogen-bond acceptors (Lipinski definition) is 4. The van der Waals surface area contributed by atoms with Gasteiger partial charge in [0.2, 0.25) is 0 Å². The van der Waals surface area contributed by atoms with Crippen molar-refractivity contribution in [3.8, 4) is 5.75 Å². The first-order chi connectivity index (χ1) is 9.08. The summed E-state index contributed by atoms with van der Waals surface area (Å²) in [6, 6.07) is 5.11. The molecule has 0 atom stereocenters. The predicted molar refractivity (Wildman–Crippen MR) is 72.3 cm³/mol. The minimum Gasteiger partial charge on any atom is -0.494 e. The van der Waals surface area contributed by atoms with Crippen LogP contribution in [-0.4, -0.2) is 18.5 Å². The van der Waals surface area contributed by atoms with Crippen LogP contribution < -0.4 is 4.74 Å². The molecule has 0 saturated carbocycles. The lowest BCUT2D eigenvalue weighted by Crippen LogP contribution is -2.13. The maximum absolute atomic E-state index is 11.8. The lowest BCUT2D eigenvalue weighted by molar-refractivity contribution is -0.137. The van der Waals surface area contributed by atoms with E-state index in [0.717, 1.165) is 17.7 Å². The Morgan fingerprint density at radius 3 is 2.47 bits per heavy atom. The Morgan fingerprint density at radius 1 is 1.16 bits per heavy atom. The molecule has 1 aromatic carbocycles. The van der Waals surface area contributed by atoms with Gasteiger partial charge in [-0.25, -0.2) is 4.79 Å². The van der Waals surface area contributed by atoms with Gasteiger partial charge in [0.1, 0.15) is 5.75 Å². The Morgan fingerprint density at radius 2 is 1.89 bits per heavy atom. The van der Waals surface area contributed by atoms with Crippen LogP contribution in [0.1, 0.15) is 49.0 Å². The Hall–Kier alpha value is -1.84. The van der Waals surface area contributed by atoms with Crippen LogP contribution in [0.3, 0.4) is 0 Å². The van der Waals surface area contributed by atoms with E-state index < -0.39 is 11.9 Å². The number of aryl methyl sites for hydroxylation is 1. The molecule has 0 unspecified atom stereocenters. The third kappa shape index (κ3) is 4.73. The Bertz CT molecular complexity index is 451. The predicted octanol–water partition coefficient (Wildman–Crippen LogP) is 3.27. The van der Waals surface area contributed by atoms with Gasteiger partial charge in [-0.05, 0) is 43.5 Å². The lowest BCUT2D eigenvalue weighted by atomic mass is 10.1. The zero-order valence-electron chi connectivity index (χ0n) is 11.7. The summed E-state index contributed by atoms with van der Waals surface area (Å²) in [6.45, 7) is 6.31. The molecule has 0 aliphatic rings. The topological polar surface area (TPSA) is 52.6 Å². The van der Waals surface area contributed by atoms with E-state index in [1.165, 1.54) is 0 Å². The van der Waals surface area contributed by atoms with Crippen LogP contribution in [0.4, 0.5) is 0 Å². The zero-order valence-corrected chi connectivity index (χ0v) is 11.7. The Labute approximate surface area is 113 Å². The van der Waals surface area contributed by atoms with E-state index in [2.05, 4.69) is 0 Å². The van der Waals surface area contributed by atoms with Gasteiger partial charge in [0.25, 0.3) is 0 Å². The van der Waals surface area contributed by atoms with Crippen LogP contribution in [0.25, 0.3) is 0 Å². The molecular formula is C15H20O4. The first kappa shape index (κ1) is 15.2. The molecular weight excluding hydrogens is 244 g/mol. The number of esters is 2. The number of carbonyl (C=O) groups excluding carboxylic acids is 2. The monoisotopic (exact) mass is 264 g/mol. The highest BCUT2D eigenvalue weighted by Gasteiger charge is 2.15. The normalized spacial score (nSPS) is 10.1. The van der Waals surface area contributed by atoms with Gasteiger partial charge in [-0.3, -0.25) is 4.79 Å². The molecule has 0 aliphatic carbocycles. The molecule has 4 heteroatoms. The quantitative estimate of drug-likeness (QED) is 0.584. The van der Waals surface area contributed by atoms with Crippen molar-refractivity contribution >= 4 is 11.9 Å². The summed E-state index contributed by atoms with van der Waals surface area (Å²) < 4.78 is 10.2. The van der Waals surface area contributed by atoms with Crippen LogP contribution in [0.15, 0.2) is 18.2 Å². The van der Waals surface area contributed by atoms with Gasteiger partial charge in [0.15, 0.2) is 0 Å². The molecule has 0 aliphatic heterocycles. The number of ether oxygens (including phenoxy) is 2. The fraction of sp³-hybridized carbons (Fsp3) is 0.467. The molecule has 1 rings (SSSR count). The largest absolute Gasteiger partial charge is 0.494 e. The van der Waals surface area contributed by atoms with Gasteiger partial charge in [-0.1, -0.05) is 13.8 Å². The van der Waals surface area contributed by atoms with Gasteiger partial charge in [0.05, 0.1) is 12.2 Å². The standard InChI is InChI=1S/C15H20O4/c1-4-6-14(16)19-15(17)13-8-7-12(10-11(13)3)18-9-5-2/h7-8,10H,4-6,9H2,1-3H3. The van der Waals surface area contributed by atoms with E-state index in [0.29, 0.717) is 18.6 Å². The molecule has 1 aromatic rings. The van der Waals surface area contributed by atoms with E-state index in [1.54, 1.807) is 25.1 Å². The van der Waals surface area contributed by atoms with Crippen molar-refractivity contribution in [2.24, 2.45) is 0 Å². The van der Waals surface area contributed by atoms with Crippen LogP contribution in [0.2, 0.25) is 0 Å². The number of rotatable bonds is 6. The second-order valence-corrected chi connectivity index (χ2v) is 4.34. The van der Waals surface area contributed by atoms with Gasteiger partial charge >= 0.3 is 11.9 Å². The van der Waals surface area contributed by atoms with Gasteiger partial charge < -0.3 is 9.47 Å². The molecule has 0 aromatic heterocycles. The summed E-state index contributed by atoms with van der Waals surface area (Å²) in [5.74, 6) is -0.369. The molecule has 19 heavy (non-hydrogen) atoms. The van der Waals surface area contributed by atoms with Gasteiger partial charge in [-0.15, -0.1) is 0 Å². The fourth-order valence-electron chi connectivity index (χ4n) is 1.59. The van der Waals surface area contributed by atoms with Crippen LogP contribution >= 0.6 is 0 Å². The molecule has 0 saturated heterocycles. The zero-order chi connectivity index (χ0) is 14.3. The van der Waals surface area contributed by atoms with E-state index in [-0.39, 0.29) is 6.42 Å². The van der Waals surface area contributed by atoms with Crippen LogP contribution in [-0.2, 0) is 9.53 Å². The molecule has 0 fully saturated rings. The summed E-state index contributed by atoms with van der Waals surface area (Å²) in [5, 5.41) is 0. The summed E-state index contributed by atoms with van der Waals surface area (Å²) in [5.41, 5.74) is 1.14. The number of carbonyl (C=O) groups is 2. The molecule has 0 radical (unpaired) electrons. The highest BCUT2D eigenvalue weighted by molar-refractivity contribution is 5.97. The summed E-state index contributed by atoms with van der Waals surface area (Å²) in [6.07, 6.45) is 1.84. The minimum absolute atomic E-state index is 0.252. The molecule has 0 heterocycles. The SMILES string of the molecule is CCCOc1ccc(C(=O)OC(=O)CCC)c(C)c1. The fourth-order valence-corrected chi connectivity index (χ4v) is 1.59. The molecule has 0 bridgehead atoms.